The highest BCUT2D eigenvalue weighted by Crippen LogP contribution is 2.33. The number of amides is 1. The Kier molecular flexibility index (Phi) is 4.04. The molecule has 1 aliphatic carbocycles. The van der Waals surface area contributed by atoms with Crippen LogP contribution in [0, 0.1) is 5.82 Å². The van der Waals surface area contributed by atoms with Crippen LogP contribution in [0.15, 0.2) is 18.2 Å². The van der Waals surface area contributed by atoms with Gasteiger partial charge < -0.3 is 15.2 Å². The molecule has 104 valence electrons. The summed E-state index contributed by atoms with van der Waals surface area (Å²) < 4.78 is 18.0. The van der Waals surface area contributed by atoms with Crippen molar-refractivity contribution in [3.8, 4) is 5.75 Å². The molecule has 2 N–H and O–H groups in total. The molecule has 0 atom stereocenters. The summed E-state index contributed by atoms with van der Waals surface area (Å²) in [6, 6.07) is 3.91. The molecule has 1 aromatic carbocycles. The number of nitrogens with one attached hydrogen (secondary N) is 1. The smallest absolute Gasteiger partial charge is 0.227 e. The van der Waals surface area contributed by atoms with Gasteiger partial charge in [0.2, 0.25) is 5.91 Å². The van der Waals surface area contributed by atoms with Crippen LogP contribution < -0.4 is 10.1 Å². The summed E-state index contributed by atoms with van der Waals surface area (Å²) in [5.74, 6) is -0.439. The van der Waals surface area contributed by atoms with Crippen molar-refractivity contribution < 1.29 is 19.0 Å². The van der Waals surface area contributed by atoms with E-state index in [0.29, 0.717) is 18.5 Å². The molecule has 0 spiro atoms. The first-order chi connectivity index (χ1) is 9.02. The van der Waals surface area contributed by atoms with Crippen LogP contribution >= 0.6 is 0 Å². The highest BCUT2D eigenvalue weighted by Gasteiger charge is 2.33. The van der Waals surface area contributed by atoms with E-state index in [2.05, 4.69) is 5.32 Å². The molecular weight excluding hydrogens is 249 g/mol. The van der Waals surface area contributed by atoms with Gasteiger partial charge in [-0.15, -0.1) is 0 Å². The van der Waals surface area contributed by atoms with E-state index >= 15 is 0 Å². The van der Waals surface area contributed by atoms with E-state index in [0.717, 1.165) is 12.8 Å². The van der Waals surface area contributed by atoms with Crippen LogP contribution in [0.3, 0.4) is 0 Å². The Morgan fingerprint density at radius 1 is 1.47 bits per heavy atom. The molecule has 1 aromatic rings. The molecule has 0 bridgehead atoms. The lowest BCUT2D eigenvalue weighted by molar-refractivity contribution is -0.120. The minimum atomic E-state index is -0.892. The average molecular weight is 267 g/mol. The fraction of sp³-hybridized carbons (Fsp3) is 0.500. The van der Waals surface area contributed by atoms with Gasteiger partial charge in [0.25, 0.3) is 0 Å². The van der Waals surface area contributed by atoms with Crippen LogP contribution in [-0.4, -0.2) is 23.7 Å². The monoisotopic (exact) mass is 267 g/mol. The maximum absolute atomic E-state index is 13.0. The van der Waals surface area contributed by atoms with Gasteiger partial charge in [-0.05, 0) is 25.0 Å². The molecule has 0 heterocycles. The molecule has 0 saturated heterocycles. The first kappa shape index (κ1) is 13.8. The number of benzene rings is 1. The van der Waals surface area contributed by atoms with E-state index in [4.69, 9.17) is 4.74 Å². The third-order valence-corrected chi connectivity index (χ3v) is 3.46. The number of rotatable bonds is 4. The molecule has 1 aliphatic rings. The van der Waals surface area contributed by atoms with Crippen LogP contribution in [0.25, 0.3) is 0 Å². The van der Waals surface area contributed by atoms with Crippen LogP contribution in [-0.2, 0) is 4.79 Å². The van der Waals surface area contributed by atoms with E-state index in [1.807, 2.05) is 0 Å². The zero-order chi connectivity index (χ0) is 13.9. The maximum Gasteiger partial charge on any atom is 0.227 e. The second kappa shape index (κ2) is 5.57. The van der Waals surface area contributed by atoms with Crippen molar-refractivity contribution in [2.24, 2.45) is 0 Å². The van der Waals surface area contributed by atoms with E-state index in [-0.39, 0.29) is 18.1 Å². The molecule has 5 heteroatoms. The van der Waals surface area contributed by atoms with Gasteiger partial charge >= 0.3 is 0 Å². The molecule has 0 aliphatic heterocycles. The minimum absolute atomic E-state index is 0.0630. The second-order valence-corrected chi connectivity index (χ2v) is 5.00. The van der Waals surface area contributed by atoms with Gasteiger partial charge in [0, 0.05) is 6.07 Å². The Morgan fingerprint density at radius 3 is 2.79 bits per heavy atom. The number of hydrogen-bond acceptors (Lipinski definition) is 3. The highest BCUT2D eigenvalue weighted by atomic mass is 19.1. The number of methoxy groups -OCH3 is 1. The van der Waals surface area contributed by atoms with Gasteiger partial charge in [-0.25, -0.2) is 4.39 Å². The summed E-state index contributed by atoms with van der Waals surface area (Å²) >= 11 is 0. The zero-order valence-electron chi connectivity index (χ0n) is 10.9. The van der Waals surface area contributed by atoms with Crippen molar-refractivity contribution in [1.82, 2.24) is 0 Å². The summed E-state index contributed by atoms with van der Waals surface area (Å²) in [7, 11) is 1.41. The minimum Gasteiger partial charge on any atom is -0.494 e. The van der Waals surface area contributed by atoms with E-state index in [9.17, 15) is 14.3 Å². The summed E-state index contributed by atoms with van der Waals surface area (Å²) in [5, 5.41) is 12.8. The summed E-state index contributed by atoms with van der Waals surface area (Å²) in [6.07, 6.45) is 3.27. The number of carbonyl (C=O) groups excluding carboxylic acids is 1. The normalized spacial score (nSPS) is 17.2. The molecular formula is C14H18FNO3. The van der Waals surface area contributed by atoms with Crippen LogP contribution in [0.1, 0.15) is 32.1 Å². The second-order valence-electron chi connectivity index (χ2n) is 5.00. The first-order valence-electron chi connectivity index (χ1n) is 6.38. The zero-order valence-corrected chi connectivity index (χ0v) is 10.9. The van der Waals surface area contributed by atoms with Crippen molar-refractivity contribution in [3.63, 3.8) is 0 Å². The van der Waals surface area contributed by atoms with Gasteiger partial charge in [-0.1, -0.05) is 12.8 Å². The van der Waals surface area contributed by atoms with Crippen molar-refractivity contribution in [2.75, 3.05) is 12.4 Å². The molecule has 1 fully saturated rings. The third-order valence-electron chi connectivity index (χ3n) is 3.46. The van der Waals surface area contributed by atoms with Crippen LogP contribution in [0.5, 0.6) is 5.75 Å². The van der Waals surface area contributed by atoms with Gasteiger partial charge in [-0.2, -0.15) is 0 Å². The number of halogens is 1. The molecule has 19 heavy (non-hydrogen) atoms. The molecule has 1 amide bonds. The standard InChI is InChI=1S/C14H18FNO3/c1-19-12-8-10(15)4-5-11(12)16-13(17)9-14(18)6-2-3-7-14/h4-5,8,18H,2-3,6-7,9H2,1H3,(H,16,17). The van der Waals surface area contributed by atoms with Gasteiger partial charge in [-0.3, -0.25) is 4.79 Å². The largest absolute Gasteiger partial charge is 0.494 e. The Hall–Kier alpha value is -1.62. The number of carbonyl (C=O) groups is 1. The fourth-order valence-corrected chi connectivity index (χ4v) is 2.47. The molecule has 0 unspecified atom stereocenters. The average Bonchev–Trinajstić information content (AvgIpc) is 2.77. The Balaban J connectivity index is 2.02. The van der Waals surface area contributed by atoms with Gasteiger partial charge in [0.05, 0.1) is 24.8 Å². The predicted molar refractivity (Wildman–Crippen MR) is 69.6 cm³/mol. The summed E-state index contributed by atoms with van der Waals surface area (Å²) in [5.41, 5.74) is -0.479. The predicted octanol–water partition coefficient (Wildman–Crippen LogP) is 2.47. The third kappa shape index (κ3) is 3.44. The topological polar surface area (TPSA) is 58.6 Å². The van der Waals surface area contributed by atoms with Gasteiger partial charge in [0.15, 0.2) is 0 Å². The number of anilines is 1. The van der Waals surface area contributed by atoms with E-state index < -0.39 is 11.4 Å². The number of hydrogen-bond donors (Lipinski definition) is 2. The lowest BCUT2D eigenvalue weighted by Crippen LogP contribution is -2.30. The van der Waals surface area contributed by atoms with Gasteiger partial charge in [0.1, 0.15) is 11.6 Å². The number of ether oxygens (including phenoxy) is 1. The van der Waals surface area contributed by atoms with Crippen molar-refractivity contribution in [2.45, 2.75) is 37.7 Å². The fourth-order valence-electron chi connectivity index (χ4n) is 2.47. The number of aliphatic hydroxyl groups is 1. The van der Waals surface area contributed by atoms with Crippen molar-refractivity contribution in [3.05, 3.63) is 24.0 Å². The molecule has 2 rings (SSSR count). The summed E-state index contributed by atoms with van der Waals surface area (Å²) in [6.45, 7) is 0. The van der Waals surface area contributed by atoms with E-state index in [1.54, 1.807) is 0 Å². The first-order valence-corrected chi connectivity index (χ1v) is 6.38. The Bertz CT molecular complexity index is 470. The molecule has 0 aromatic heterocycles. The van der Waals surface area contributed by atoms with Crippen molar-refractivity contribution in [1.29, 1.82) is 0 Å². The Morgan fingerprint density at radius 2 is 2.16 bits per heavy atom. The lowest BCUT2D eigenvalue weighted by atomic mass is 9.97. The van der Waals surface area contributed by atoms with Crippen LogP contribution in [0.2, 0.25) is 0 Å². The van der Waals surface area contributed by atoms with Crippen LogP contribution in [0.4, 0.5) is 10.1 Å². The molecule has 1 saturated carbocycles. The summed E-state index contributed by atoms with van der Waals surface area (Å²) in [4.78, 5) is 11.9. The molecule has 4 nitrogen and oxygen atoms in total. The maximum atomic E-state index is 13.0. The highest BCUT2D eigenvalue weighted by molar-refractivity contribution is 5.92. The lowest BCUT2D eigenvalue weighted by Gasteiger charge is -2.21. The SMILES string of the molecule is COc1cc(F)ccc1NC(=O)CC1(O)CCCC1. The van der Waals surface area contributed by atoms with E-state index in [1.165, 1.54) is 25.3 Å². The van der Waals surface area contributed by atoms with Crippen molar-refractivity contribution >= 4 is 11.6 Å². The Labute approximate surface area is 111 Å². The quantitative estimate of drug-likeness (QED) is 0.881. The molecule has 0 radical (unpaired) electrons.